The number of fused-ring (bicyclic) bond motifs is 3. The van der Waals surface area contributed by atoms with Gasteiger partial charge in [-0.3, -0.25) is 9.59 Å². The maximum Gasteiger partial charge on any atom is 0.407 e. The van der Waals surface area contributed by atoms with Crippen LogP contribution in [0.15, 0.2) is 48.5 Å². The Kier molecular flexibility index (Phi) is 7.74. The molecule has 0 saturated carbocycles. The Bertz CT molecular complexity index is 974. The predicted octanol–water partition coefficient (Wildman–Crippen LogP) is 4.02. The molecule has 3 atom stereocenters. The third kappa shape index (κ3) is 5.53. The van der Waals surface area contributed by atoms with Gasteiger partial charge in [0.15, 0.2) is 0 Å². The summed E-state index contributed by atoms with van der Waals surface area (Å²) in [6.45, 7) is 7.28. The van der Waals surface area contributed by atoms with E-state index in [0.29, 0.717) is 0 Å². The van der Waals surface area contributed by atoms with Crippen molar-refractivity contribution in [1.29, 1.82) is 0 Å². The minimum atomic E-state index is -0.972. The predicted molar refractivity (Wildman–Crippen MR) is 126 cm³/mol. The Balaban J connectivity index is 1.57. The van der Waals surface area contributed by atoms with Crippen molar-refractivity contribution in [3.8, 4) is 11.1 Å². The first-order valence-electron chi connectivity index (χ1n) is 11.3. The number of carboxylic acid groups (broad SMARTS) is 1. The molecule has 0 radical (unpaired) electrons. The number of benzene rings is 2. The molecule has 0 bridgehead atoms. The molecule has 2 amide bonds. The fraction of sp³-hybridized carbons (Fsp3) is 0.423. The van der Waals surface area contributed by atoms with E-state index < -0.39 is 29.9 Å². The normalized spacial score (nSPS) is 15.2. The minimum absolute atomic E-state index is 0.0364. The molecule has 1 aliphatic rings. The molecule has 3 unspecified atom stereocenters. The molecule has 2 aromatic rings. The van der Waals surface area contributed by atoms with Crippen LogP contribution in [0.4, 0.5) is 4.79 Å². The summed E-state index contributed by atoms with van der Waals surface area (Å²) in [4.78, 5) is 36.3. The van der Waals surface area contributed by atoms with Crippen molar-refractivity contribution in [3.63, 3.8) is 0 Å². The summed E-state index contributed by atoms with van der Waals surface area (Å²) in [5.41, 5.74) is 4.58. The first-order chi connectivity index (χ1) is 15.7. The van der Waals surface area contributed by atoms with Crippen LogP contribution in [-0.4, -0.2) is 42.3 Å². The topological polar surface area (TPSA) is 105 Å². The molecule has 0 aromatic heterocycles. The lowest BCUT2D eigenvalue weighted by Gasteiger charge is -2.25. The number of rotatable bonds is 9. The molecule has 0 aliphatic heterocycles. The first kappa shape index (κ1) is 24.3. The van der Waals surface area contributed by atoms with Crippen molar-refractivity contribution in [2.24, 2.45) is 17.8 Å². The van der Waals surface area contributed by atoms with E-state index in [4.69, 9.17) is 9.84 Å². The highest BCUT2D eigenvalue weighted by atomic mass is 16.5. The van der Waals surface area contributed by atoms with Crippen molar-refractivity contribution in [3.05, 3.63) is 59.7 Å². The van der Waals surface area contributed by atoms with E-state index in [-0.39, 0.29) is 30.9 Å². The summed E-state index contributed by atoms with van der Waals surface area (Å²) in [7, 11) is 0. The van der Waals surface area contributed by atoms with E-state index in [9.17, 15) is 14.4 Å². The number of alkyl carbamates (subject to hydrolysis) is 1. The van der Waals surface area contributed by atoms with Gasteiger partial charge >= 0.3 is 12.1 Å². The summed E-state index contributed by atoms with van der Waals surface area (Å²) < 4.78 is 5.54. The molecule has 3 rings (SSSR count). The molecular weight excluding hydrogens is 420 g/mol. The van der Waals surface area contributed by atoms with Crippen molar-refractivity contribution >= 4 is 18.0 Å². The number of carbonyl (C=O) groups excluding carboxylic acids is 2. The standard InChI is InChI=1S/C26H32N2O5/c1-15(2)22(24(29)28-17(4)16(3)25(30)31)13-27-26(32)33-14-23-20-11-7-5-9-18(20)19-10-6-8-12-21(19)23/h5-12,15-17,22-23H,13-14H2,1-4H3,(H,27,32)(H,28,29)(H,30,31). The molecule has 7 heteroatoms. The summed E-state index contributed by atoms with van der Waals surface area (Å²) in [6, 6.07) is 15.7. The molecule has 3 N–H and O–H groups in total. The van der Waals surface area contributed by atoms with Crippen LogP contribution in [0.3, 0.4) is 0 Å². The molecule has 0 fully saturated rings. The van der Waals surface area contributed by atoms with Crippen molar-refractivity contribution in [1.82, 2.24) is 10.6 Å². The van der Waals surface area contributed by atoms with Gasteiger partial charge in [0.05, 0.1) is 11.8 Å². The van der Waals surface area contributed by atoms with Gasteiger partial charge in [0.25, 0.3) is 0 Å². The molecule has 2 aromatic carbocycles. The van der Waals surface area contributed by atoms with Crippen LogP contribution in [0.1, 0.15) is 44.7 Å². The van der Waals surface area contributed by atoms with Gasteiger partial charge in [0.1, 0.15) is 6.61 Å². The third-order valence-electron chi connectivity index (χ3n) is 6.46. The Morgan fingerprint density at radius 2 is 1.48 bits per heavy atom. The highest BCUT2D eigenvalue weighted by Crippen LogP contribution is 2.44. The summed E-state index contributed by atoms with van der Waals surface area (Å²) in [5, 5.41) is 14.6. The van der Waals surface area contributed by atoms with E-state index in [0.717, 1.165) is 22.3 Å². The lowest BCUT2D eigenvalue weighted by molar-refractivity contribution is -0.142. The number of carboxylic acids is 1. The Labute approximate surface area is 194 Å². The van der Waals surface area contributed by atoms with E-state index in [1.165, 1.54) is 0 Å². The maximum atomic E-state index is 12.7. The zero-order chi connectivity index (χ0) is 24.1. The van der Waals surface area contributed by atoms with Gasteiger partial charge in [-0.15, -0.1) is 0 Å². The molecule has 1 aliphatic carbocycles. The van der Waals surface area contributed by atoms with Crippen LogP contribution >= 0.6 is 0 Å². The Morgan fingerprint density at radius 3 is 2.00 bits per heavy atom. The highest BCUT2D eigenvalue weighted by molar-refractivity contribution is 5.81. The van der Waals surface area contributed by atoms with Crippen LogP contribution in [0, 0.1) is 17.8 Å². The molecule has 0 saturated heterocycles. The van der Waals surface area contributed by atoms with E-state index >= 15 is 0 Å². The quantitative estimate of drug-likeness (QED) is 0.533. The average Bonchev–Trinajstić information content (AvgIpc) is 3.10. The van der Waals surface area contributed by atoms with Crippen LogP contribution in [0.2, 0.25) is 0 Å². The van der Waals surface area contributed by atoms with Gasteiger partial charge in [0.2, 0.25) is 5.91 Å². The van der Waals surface area contributed by atoms with E-state index in [1.54, 1.807) is 13.8 Å². The van der Waals surface area contributed by atoms with E-state index in [1.807, 2.05) is 38.1 Å². The van der Waals surface area contributed by atoms with Gasteiger partial charge in [-0.25, -0.2) is 4.79 Å². The fourth-order valence-corrected chi connectivity index (χ4v) is 4.14. The largest absolute Gasteiger partial charge is 0.481 e. The van der Waals surface area contributed by atoms with Gasteiger partial charge in [-0.05, 0) is 42.0 Å². The molecule has 0 heterocycles. The smallest absolute Gasteiger partial charge is 0.407 e. The van der Waals surface area contributed by atoms with Crippen molar-refractivity contribution in [2.75, 3.05) is 13.2 Å². The molecule has 0 spiro atoms. The third-order valence-corrected chi connectivity index (χ3v) is 6.46. The van der Waals surface area contributed by atoms with Crippen LogP contribution in [0.25, 0.3) is 11.1 Å². The zero-order valence-corrected chi connectivity index (χ0v) is 19.5. The Morgan fingerprint density at radius 1 is 0.939 bits per heavy atom. The summed E-state index contributed by atoms with van der Waals surface area (Å²) in [5.74, 6) is -2.56. The van der Waals surface area contributed by atoms with Gasteiger partial charge < -0.3 is 20.5 Å². The molecule has 176 valence electrons. The maximum absolute atomic E-state index is 12.7. The van der Waals surface area contributed by atoms with Crippen LogP contribution in [-0.2, 0) is 14.3 Å². The number of amides is 2. The molecular formula is C26H32N2O5. The second-order valence-corrected chi connectivity index (χ2v) is 8.98. The lowest BCUT2D eigenvalue weighted by Crippen LogP contribution is -2.47. The molecule has 33 heavy (non-hydrogen) atoms. The SMILES string of the molecule is CC(C)C(CNC(=O)OCC1c2ccccc2-c2ccccc21)C(=O)NC(C)C(C)C(=O)O. The number of ether oxygens (including phenoxy) is 1. The minimum Gasteiger partial charge on any atom is -0.481 e. The van der Waals surface area contributed by atoms with E-state index in [2.05, 4.69) is 34.9 Å². The number of carbonyl (C=O) groups is 3. The van der Waals surface area contributed by atoms with Crippen molar-refractivity contribution < 1.29 is 24.2 Å². The second kappa shape index (κ2) is 10.5. The fourth-order valence-electron chi connectivity index (χ4n) is 4.14. The Hall–Kier alpha value is -3.35. The number of nitrogens with one attached hydrogen (secondary N) is 2. The second-order valence-electron chi connectivity index (χ2n) is 8.98. The van der Waals surface area contributed by atoms with Gasteiger partial charge in [-0.1, -0.05) is 62.4 Å². The lowest BCUT2D eigenvalue weighted by atomic mass is 9.93. The summed E-state index contributed by atoms with van der Waals surface area (Å²) in [6.07, 6.45) is -0.581. The number of hydrogen-bond donors (Lipinski definition) is 3. The van der Waals surface area contributed by atoms with Gasteiger partial charge in [0, 0.05) is 18.5 Å². The first-order valence-corrected chi connectivity index (χ1v) is 11.3. The average molecular weight is 453 g/mol. The van der Waals surface area contributed by atoms with Gasteiger partial charge in [-0.2, -0.15) is 0 Å². The van der Waals surface area contributed by atoms with Crippen molar-refractivity contribution in [2.45, 2.75) is 39.7 Å². The number of hydrogen-bond acceptors (Lipinski definition) is 4. The number of aliphatic carboxylic acids is 1. The highest BCUT2D eigenvalue weighted by Gasteiger charge is 2.30. The zero-order valence-electron chi connectivity index (χ0n) is 19.5. The van der Waals surface area contributed by atoms with Crippen LogP contribution < -0.4 is 10.6 Å². The summed E-state index contributed by atoms with van der Waals surface area (Å²) >= 11 is 0. The van der Waals surface area contributed by atoms with Crippen LogP contribution in [0.5, 0.6) is 0 Å². The monoisotopic (exact) mass is 452 g/mol. The molecule has 7 nitrogen and oxygen atoms in total.